The van der Waals surface area contributed by atoms with Crippen LogP contribution in [-0.4, -0.2) is 24.5 Å². The third-order valence-electron chi connectivity index (χ3n) is 4.81. The molecule has 0 atom stereocenters. The first kappa shape index (κ1) is 25.4. The predicted octanol–water partition coefficient (Wildman–Crippen LogP) is 6.64. The Morgan fingerprint density at radius 3 is 1.47 bits per heavy atom. The molecule has 0 saturated carbocycles. The summed E-state index contributed by atoms with van der Waals surface area (Å²) in [4.78, 5) is 26.4. The number of esters is 2. The van der Waals surface area contributed by atoms with Gasteiger partial charge in [0.05, 0.1) is 0 Å². The van der Waals surface area contributed by atoms with Gasteiger partial charge in [-0.2, -0.15) is 0 Å². The van der Waals surface area contributed by atoms with Gasteiger partial charge in [-0.05, 0) is 77.2 Å². The third kappa shape index (κ3) is 8.61. The highest BCUT2D eigenvalue weighted by Gasteiger charge is 2.03. The summed E-state index contributed by atoms with van der Waals surface area (Å²) >= 11 is 3.34. The van der Waals surface area contributed by atoms with Crippen molar-refractivity contribution in [2.24, 2.45) is 0 Å². The highest BCUT2D eigenvalue weighted by Crippen LogP contribution is 2.17. The molecule has 0 unspecified atom stereocenters. The SMILES string of the molecule is CSc1ccc(C=CC(=O)OCc2cccc(COC(=O)C=Cc3ccc(SC)cc3)c2)cc1. The maximum Gasteiger partial charge on any atom is 0.331 e. The molecule has 0 aliphatic heterocycles. The summed E-state index contributed by atoms with van der Waals surface area (Å²) < 4.78 is 10.7. The van der Waals surface area contributed by atoms with E-state index >= 15 is 0 Å². The second-order valence-electron chi connectivity index (χ2n) is 7.25. The normalized spacial score (nSPS) is 11.1. The molecule has 3 aromatic carbocycles. The van der Waals surface area contributed by atoms with Gasteiger partial charge in [0.15, 0.2) is 0 Å². The average Bonchev–Trinajstić information content (AvgIpc) is 2.89. The van der Waals surface area contributed by atoms with Crippen molar-refractivity contribution in [1.29, 1.82) is 0 Å². The van der Waals surface area contributed by atoms with E-state index in [1.165, 1.54) is 21.9 Å². The number of carbonyl (C=O) groups excluding carboxylic acids is 2. The lowest BCUT2D eigenvalue weighted by molar-refractivity contribution is -0.139. The topological polar surface area (TPSA) is 52.6 Å². The summed E-state index contributed by atoms with van der Waals surface area (Å²) in [7, 11) is 0. The van der Waals surface area contributed by atoms with Crippen LogP contribution in [0, 0.1) is 0 Å². The maximum atomic E-state index is 12.0. The number of rotatable bonds is 10. The fourth-order valence-electron chi connectivity index (χ4n) is 2.97. The Balaban J connectivity index is 1.45. The minimum absolute atomic E-state index is 0.141. The van der Waals surface area contributed by atoms with Gasteiger partial charge in [0, 0.05) is 21.9 Å². The van der Waals surface area contributed by atoms with Crippen molar-refractivity contribution in [1.82, 2.24) is 0 Å². The first-order valence-corrected chi connectivity index (χ1v) is 13.1. The molecular formula is C28H26O4S2. The molecule has 0 N–H and O–H groups in total. The largest absolute Gasteiger partial charge is 0.458 e. The number of ether oxygens (including phenoxy) is 2. The highest BCUT2D eigenvalue weighted by molar-refractivity contribution is 7.98. The second-order valence-corrected chi connectivity index (χ2v) is 9.01. The van der Waals surface area contributed by atoms with Crippen molar-refractivity contribution in [2.75, 3.05) is 12.5 Å². The van der Waals surface area contributed by atoms with Crippen LogP contribution in [0.4, 0.5) is 0 Å². The Kier molecular flexibility index (Phi) is 10.1. The molecule has 0 radical (unpaired) electrons. The van der Waals surface area contributed by atoms with E-state index in [4.69, 9.17) is 9.47 Å². The van der Waals surface area contributed by atoms with Gasteiger partial charge < -0.3 is 9.47 Å². The first-order valence-electron chi connectivity index (χ1n) is 10.6. The van der Waals surface area contributed by atoms with Crippen LogP contribution < -0.4 is 0 Å². The van der Waals surface area contributed by atoms with Crippen LogP contribution in [0.1, 0.15) is 22.3 Å². The number of hydrogen-bond acceptors (Lipinski definition) is 6. The van der Waals surface area contributed by atoms with Gasteiger partial charge in [0.2, 0.25) is 0 Å². The van der Waals surface area contributed by atoms with Crippen LogP contribution in [0.3, 0.4) is 0 Å². The Labute approximate surface area is 209 Å². The van der Waals surface area contributed by atoms with E-state index in [9.17, 15) is 9.59 Å². The van der Waals surface area contributed by atoms with Crippen molar-refractivity contribution in [3.05, 3.63) is 107 Å². The Morgan fingerprint density at radius 1 is 0.676 bits per heavy atom. The number of hydrogen-bond donors (Lipinski definition) is 0. The van der Waals surface area contributed by atoms with E-state index in [0.29, 0.717) is 0 Å². The van der Waals surface area contributed by atoms with Crippen LogP contribution >= 0.6 is 23.5 Å². The second kappa shape index (κ2) is 13.5. The molecule has 174 valence electrons. The van der Waals surface area contributed by atoms with E-state index in [2.05, 4.69) is 0 Å². The van der Waals surface area contributed by atoms with Crippen molar-refractivity contribution in [3.63, 3.8) is 0 Å². The van der Waals surface area contributed by atoms with Gasteiger partial charge in [0.25, 0.3) is 0 Å². The van der Waals surface area contributed by atoms with Gasteiger partial charge in [0.1, 0.15) is 13.2 Å². The van der Waals surface area contributed by atoms with Crippen molar-refractivity contribution in [3.8, 4) is 0 Å². The van der Waals surface area contributed by atoms with Crippen molar-refractivity contribution in [2.45, 2.75) is 23.0 Å². The molecule has 3 rings (SSSR count). The van der Waals surface area contributed by atoms with Crippen LogP contribution in [0.15, 0.2) is 94.7 Å². The summed E-state index contributed by atoms with van der Waals surface area (Å²) in [6.07, 6.45) is 10.3. The van der Waals surface area contributed by atoms with Crippen LogP contribution in [0.5, 0.6) is 0 Å². The zero-order valence-electron chi connectivity index (χ0n) is 19.1. The number of carbonyl (C=O) groups is 2. The quantitative estimate of drug-likeness (QED) is 0.180. The molecule has 4 nitrogen and oxygen atoms in total. The van der Waals surface area contributed by atoms with E-state index in [0.717, 1.165) is 22.3 Å². The lowest BCUT2D eigenvalue weighted by Gasteiger charge is -2.06. The van der Waals surface area contributed by atoms with E-state index in [-0.39, 0.29) is 13.2 Å². The minimum atomic E-state index is -0.415. The molecule has 0 spiro atoms. The molecule has 0 aliphatic rings. The van der Waals surface area contributed by atoms with Crippen molar-refractivity contribution >= 4 is 47.6 Å². The Hall–Kier alpha value is -3.22. The monoisotopic (exact) mass is 490 g/mol. The van der Waals surface area contributed by atoms with E-state index in [1.54, 1.807) is 35.7 Å². The Bertz CT molecular complexity index is 1060. The molecule has 0 aromatic heterocycles. The lowest BCUT2D eigenvalue weighted by atomic mass is 10.1. The molecule has 0 heterocycles. The molecule has 3 aromatic rings. The first-order chi connectivity index (χ1) is 16.6. The highest BCUT2D eigenvalue weighted by atomic mass is 32.2. The number of thioether (sulfide) groups is 2. The molecule has 0 saturated heterocycles. The standard InChI is InChI=1S/C28H26O4S2/c1-33-25-12-6-21(7-13-25)10-16-27(29)31-19-23-4-3-5-24(18-23)20-32-28(30)17-11-22-8-14-26(34-2)15-9-22/h3-18H,19-20H2,1-2H3. The van der Waals surface area contributed by atoms with Crippen LogP contribution in [0.25, 0.3) is 12.2 Å². The molecule has 0 amide bonds. The van der Waals surface area contributed by atoms with Crippen molar-refractivity contribution < 1.29 is 19.1 Å². The summed E-state index contributed by atoms with van der Waals surface area (Å²) in [6.45, 7) is 0.282. The van der Waals surface area contributed by atoms with Gasteiger partial charge in [-0.15, -0.1) is 23.5 Å². The van der Waals surface area contributed by atoms with Gasteiger partial charge in [-0.3, -0.25) is 0 Å². The molecule has 34 heavy (non-hydrogen) atoms. The average molecular weight is 491 g/mol. The summed E-state index contributed by atoms with van der Waals surface area (Å²) in [6, 6.07) is 23.3. The minimum Gasteiger partial charge on any atom is -0.458 e. The maximum absolute atomic E-state index is 12.0. The van der Waals surface area contributed by atoms with Gasteiger partial charge >= 0.3 is 11.9 Å². The van der Waals surface area contributed by atoms with Gasteiger partial charge in [-0.1, -0.05) is 42.5 Å². The summed E-state index contributed by atoms with van der Waals surface area (Å²) in [5.74, 6) is -0.831. The van der Waals surface area contributed by atoms with Crippen LogP contribution in [0.2, 0.25) is 0 Å². The van der Waals surface area contributed by atoms with E-state index in [1.807, 2.05) is 85.3 Å². The smallest absolute Gasteiger partial charge is 0.331 e. The van der Waals surface area contributed by atoms with Gasteiger partial charge in [-0.25, -0.2) is 9.59 Å². The molecular weight excluding hydrogens is 464 g/mol. The molecule has 0 aliphatic carbocycles. The zero-order valence-corrected chi connectivity index (χ0v) is 20.7. The molecule has 6 heteroatoms. The predicted molar refractivity (Wildman–Crippen MR) is 141 cm³/mol. The third-order valence-corrected chi connectivity index (χ3v) is 6.30. The van der Waals surface area contributed by atoms with E-state index < -0.39 is 11.9 Å². The lowest BCUT2D eigenvalue weighted by Crippen LogP contribution is -2.03. The number of benzene rings is 3. The molecule has 0 fully saturated rings. The molecule has 0 bridgehead atoms. The Morgan fingerprint density at radius 2 is 1.09 bits per heavy atom. The summed E-state index contributed by atoms with van der Waals surface area (Å²) in [5.41, 5.74) is 3.52. The van der Waals surface area contributed by atoms with Crippen LogP contribution in [-0.2, 0) is 32.3 Å². The zero-order chi connectivity index (χ0) is 24.2. The summed E-state index contributed by atoms with van der Waals surface area (Å²) in [5, 5.41) is 0. The fraction of sp³-hybridized carbons (Fsp3) is 0.143. The fourth-order valence-corrected chi connectivity index (χ4v) is 3.79.